The average molecular weight is 344 g/mol. The van der Waals surface area contributed by atoms with Crippen LogP contribution in [0.5, 0.6) is 0 Å². The summed E-state index contributed by atoms with van der Waals surface area (Å²) in [5.41, 5.74) is 1.08. The molecule has 0 amide bonds. The summed E-state index contributed by atoms with van der Waals surface area (Å²) in [6.45, 7) is 9.49. The molecule has 0 saturated heterocycles. The number of nitrogens with zero attached hydrogens (tertiary/aromatic N) is 2. The molecule has 0 saturated carbocycles. The van der Waals surface area contributed by atoms with Crippen LogP contribution >= 0.6 is 15.9 Å². The predicted octanol–water partition coefficient (Wildman–Crippen LogP) is 3.84. The Morgan fingerprint density at radius 2 is 1.90 bits per heavy atom. The van der Waals surface area contributed by atoms with E-state index in [4.69, 9.17) is 9.72 Å². The van der Waals surface area contributed by atoms with Crippen LogP contribution in [0.25, 0.3) is 0 Å². The number of rotatable bonds is 8. The molecule has 0 aliphatic heterocycles. The first-order chi connectivity index (χ1) is 9.47. The number of anilines is 1. The average Bonchev–Trinajstić information content (AvgIpc) is 2.39. The van der Waals surface area contributed by atoms with Crippen molar-refractivity contribution in [2.45, 2.75) is 53.1 Å². The van der Waals surface area contributed by atoms with Gasteiger partial charge in [-0.2, -0.15) is 0 Å². The molecule has 1 rings (SSSR count). The third kappa shape index (κ3) is 5.37. The van der Waals surface area contributed by atoms with E-state index in [0.717, 1.165) is 47.6 Å². The summed E-state index contributed by atoms with van der Waals surface area (Å²) in [7, 11) is 1.72. The monoisotopic (exact) mass is 343 g/mol. The Morgan fingerprint density at radius 1 is 1.20 bits per heavy atom. The summed E-state index contributed by atoms with van der Waals surface area (Å²) in [6, 6.07) is 0. The summed E-state index contributed by atoms with van der Waals surface area (Å²) >= 11 is 3.64. The molecule has 5 heteroatoms. The fourth-order valence-corrected chi connectivity index (χ4v) is 2.34. The predicted molar refractivity (Wildman–Crippen MR) is 87.2 cm³/mol. The first-order valence-electron chi connectivity index (χ1n) is 7.29. The highest BCUT2D eigenvalue weighted by molar-refractivity contribution is 9.10. The van der Waals surface area contributed by atoms with Crippen LogP contribution in [0.4, 0.5) is 5.82 Å². The number of aromatic nitrogens is 2. The first-order valence-corrected chi connectivity index (χ1v) is 8.09. The summed E-state index contributed by atoms with van der Waals surface area (Å²) in [5, 5.41) is 3.37. The summed E-state index contributed by atoms with van der Waals surface area (Å²) < 4.78 is 6.31. The lowest BCUT2D eigenvalue weighted by Crippen LogP contribution is -2.15. The Balaban J connectivity index is 3.04. The number of ether oxygens (including phenoxy) is 1. The molecule has 1 atom stereocenters. The second kappa shape index (κ2) is 8.57. The normalized spacial score (nSPS) is 12.8. The second-order valence-corrected chi connectivity index (χ2v) is 6.32. The van der Waals surface area contributed by atoms with Crippen LogP contribution in [0.2, 0.25) is 0 Å². The van der Waals surface area contributed by atoms with E-state index in [-0.39, 0.29) is 6.10 Å². The largest absolute Gasteiger partial charge is 0.381 e. The lowest BCUT2D eigenvalue weighted by atomic mass is 10.1. The van der Waals surface area contributed by atoms with Crippen molar-refractivity contribution >= 4 is 21.7 Å². The Bertz CT molecular complexity index is 424. The molecule has 0 bridgehead atoms. The molecule has 1 aromatic rings. The van der Waals surface area contributed by atoms with Gasteiger partial charge in [-0.3, -0.25) is 0 Å². The van der Waals surface area contributed by atoms with Crippen molar-refractivity contribution in [1.29, 1.82) is 0 Å². The quantitative estimate of drug-likeness (QED) is 0.778. The highest BCUT2D eigenvalue weighted by Gasteiger charge is 2.14. The molecule has 20 heavy (non-hydrogen) atoms. The smallest absolute Gasteiger partial charge is 0.144 e. The maximum Gasteiger partial charge on any atom is 0.144 e. The lowest BCUT2D eigenvalue weighted by molar-refractivity contribution is 0.117. The van der Waals surface area contributed by atoms with Crippen molar-refractivity contribution in [2.75, 3.05) is 19.0 Å². The van der Waals surface area contributed by atoms with Crippen molar-refractivity contribution < 1.29 is 4.74 Å². The van der Waals surface area contributed by atoms with Crippen molar-refractivity contribution in [3.63, 3.8) is 0 Å². The Hall–Kier alpha value is -0.680. The standard InChI is InChI=1S/C15H26BrN3O/c1-6-7-17-15-14(16)12(8-10(2)3)18-13(19-15)9-11(4)20-5/h10-11H,6-9H2,1-5H3,(H,17,18,19). The first kappa shape index (κ1) is 17.4. The lowest BCUT2D eigenvalue weighted by Gasteiger charge is -2.15. The molecule has 0 aliphatic carbocycles. The van der Waals surface area contributed by atoms with E-state index < -0.39 is 0 Å². The van der Waals surface area contributed by atoms with E-state index in [2.05, 4.69) is 47.0 Å². The Labute approximate surface area is 130 Å². The highest BCUT2D eigenvalue weighted by atomic mass is 79.9. The van der Waals surface area contributed by atoms with Crippen LogP contribution in [-0.4, -0.2) is 29.7 Å². The minimum atomic E-state index is 0.127. The van der Waals surface area contributed by atoms with E-state index in [9.17, 15) is 0 Å². The van der Waals surface area contributed by atoms with Crippen LogP contribution in [-0.2, 0) is 17.6 Å². The molecule has 1 N–H and O–H groups in total. The number of methoxy groups -OCH3 is 1. The van der Waals surface area contributed by atoms with Gasteiger partial charge in [0, 0.05) is 20.1 Å². The number of hydrogen-bond donors (Lipinski definition) is 1. The van der Waals surface area contributed by atoms with Gasteiger partial charge in [-0.1, -0.05) is 20.8 Å². The third-order valence-electron chi connectivity index (χ3n) is 2.98. The summed E-state index contributed by atoms with van der Waals surface area (Å²) in [6.07, 6.45) is 2.87. The molecule has 0 radical (unpaired) electrons. The van der Waals surface area contributed by atoms with Crippen LogP contribution in [0.3, 0.4) is 0 Å². The molecule has 1 aromatic heterocycles. The maximum atomic E-state index is 5.31. The molecular formula is C15H26BrN3O. The van der Waals surface area contributed by atoms with Crippen molar-refractivity contribution in [3.05, 3.63) is 16.0 Å². The van der Waals surface area contributed by atoms with Gasteiger partial charge in [0.05, 0.1) is 16.3 Å². The van der Waals surface area contributed by atoms with E-state index in [0.29, 0.717) is 5.92 Å². The van der Waals surface area contributed by atoms with Gasteiger partial charge in [-0.15, -0.1) is 0 Å². The van der Waals surface area contributed by atoms with Gasteiger partial charge in [0.1, 0.15) is 11.6 Å². The van der Waals surface area contributed by atoms with Gasteiger partial charge in [-0.25, -0.2) is 9.97 Å². The van der Waals surface area contributed by atoms with E-state index in [1.54, 1.807) is 7.11 Å². The minimum Gasteiger partial charge on any atom is -0.381 e. The highest BCUT2D eigenvalue weighted by Crippen LogP contribution is 2.26. The molecule has 4 nitrogen and oxygen atoms in total. The van der Waals surface area contributed by atoms with E-state index in [1.165, 1.54) is 0 Å². The van der Waals surface area contributed by atoms with Crippen LogP contribution < -0.4 is 5.32 Å². The fraction of sp³-hybridized carbons (Fsp3) is 0.733. The number of hydrogen-bond acceptors (Lipinski definition) is 4. The molecular weight excluding hydrogens is 318 g/mol. The SMILES string of the molecule is CCCNc1nc(CC(C)OC)nc(CC(C)C)c1Br. The van der Waals surface area contributed by atoms with Crippen LogP contribution in [0.15, 0.2) is 4.47 Å². The molecule has 0 aromatic carbocycles. The van der Waals surface area contributed by atoms with Crippen LogP contribution in [0.1, 0.15) is 45.6 Å². The van der Waals surface area contributed by atoms with Gasteiger partial charge in [0.25, 0.3) is 0 Å². The van der Waals surface area contributed by atoms with Crippen LogP contribution in [0, 0.1) is 5.92 Å². The van der Waals surface area contributed by atoms with E-state index in [1.807, 2.05) is 6.92 Å². The zero-order valence-corrected chi connectivity index (χ0v) is 14.7. The fourth-order valence-electron chi connectivity index (χ4n) is 1.86. The van der Waals surface area contributed by atoms with Crippen molar-refractivity contribution in [1.82, 2.24) is 9.97 Å². The van der Waals surface area contributed by atoms with Gasteiger partial charge < -0.3 is 10.1 Å². The molecule has 114 valence electrons. The second-order valence-electron chi connectivity index (χ2n) is 5.52. The molecule has 1 unspecified atom stereocenters. The summed E-state index contributed by atoms with van der Waals surface area (Å²) in [4.78, 5) is 9.31. The Morgan fingerprint density at radius 3 is 2.45 bits per heavy atom. The van der Waals surface area contributed by atoms with Gasteiger partial charge in [0.2, 0.25) is 0 Å². The zero-order chi connectivity index (χ0) is 15.1. The molecule has 0 fully saturated rings. The van der Waals surface area contributed by atoms with Crippen molar-refractivity contribution in [3.8, 4) is 0 Å². The zero-order valence-electron chi connectivity index (χ0n) is 13.2. The van der Waals surface area contributed by atoms with Crippen molar-refractivity contribution in [2.24, 2.45) is 5.92 Å². The van der Waals surface area contributed by atoms with Gasteiger partial charge in [-0.05, 0) is 41.6 Å². The topological polar surface area (TPSA) is 47.0 Å². The maximum absolute atomic E-state index is 5.31. The Kier molecular flexibility index (Phi) is 7.45. The number of nitrogens with one attached hydrogen (secondary N) is 1. The minimum absolute atomic E-state index is 0.127. The number of halogens is 1. The third-order valence-corrected chi connectivity index (χ3v) is 3.82. The molecule has 1 heterocycles. The van der Waals surface area contributed by atoms with Gasteiger partial charge >= 0.3 is 0 Å². The van der Waals surface area contributed by atoms with E-state index >= 15 is 0 Å². The summed E-state index contributed by atoms with van der Waals surface area (Å²) in [5.74, 6) is 2.31. The van der Waals surface area contributed by atoms with Gasteiger partial charge in [0.15, 0.2) is 0 Å². The molecule has 0 aliphatic rings. The molecule has 0 spiro atoms.